The second-order valence-corrected chi connectivity index (χ2v) is 6.60. The van der Waals surface area contributed by atoms with Gasteiger partial charge in [0.15, 0.2) is 0 Å². The Morgan fingerprint density at radius 3 is 2.96 bits per heavy atom. The standard InChI is InChI=1S/C16H21BrN4O2/c1-12-15(21-11-13(17)3-4-14(21)19-12)16(22)18-5-2-6-20-7-9-23-10-8-20/h3-4,11H,2,5-10H2,1H3,(H,18,22). The van der Waals surface area contributed by atoms with Crippen LogP contribution in [0.5, 0.6) is 0 Å². The Balaban J connectivity index is 1.58. The molecule has 23 heavy (non-hydrogen) atoms. The summed E-state index contributed by atoms with van der Waals surface area (Å²) in [6.45, 7) is 7.09. The number of rotatable bonds is 5. The number of nitrogens with one attached hydrogen (secondary N) is 1. The van der Waals surface area contributed by atoms with E-state index in [1.807, 2.05) is 29.7 Å². The Morgan fingerprint density at radius 2 is 2.17 bits per heavy atom. The molecule has 0 bridgehead atoms. The normalized spacial score (nSPS) is 15.9. The Hall–Kier alpha value is -1.44. The molecule has 0 saturated carbocycles. The molecule has 3 rings (SSSR count). The maximum atomic E-state index is 12.5. The smallest absolute Gasteiger partial charge is 0.270 e. The van der Waals surface area contributed by atoms with Crippen LogP contribution in [0.1, 0.15) is 22.6 Å². The summed E-state index contributed by atoms with van der Waals surface area (Å²) in [5.74, 6) is -0.0740. The fourth-order valence-electron chi connectivity index (χ4n) is 2.82. The molecule has 1 saturated heterocycles. The SMILES string of the molecule is Cc1nc2ccc(Br)cn2c1C(=O)NCCCN1CCOCC1. The predicted molar refractivity (Wildman–Crippen MR) is 91.8 cm³/mol. The van der Waals surface area contributed by atoms with Gasteiger partial charge in [-0.2, -0.15) is 0 Å². The average Bonchev–Trinajstić information content (AvgIpc) is 2.87. The quantitative estimate of drug-likeness (QED) is 0.804. The third-order valence-corrected chi connectivity index (χ3v) is 4.48. The fraction of sp³-hybridized carbons (Fsp3) is 0.500. The highest BCUT2D eigenvalue weighted by Gasteiger charge is 2.16. The summed E-state index contributed by atoms with van der Waals surface area (Å²) < 4.78 is 8.08. The lowest BCUT2D eigenvalue weighted by Gasteiger charge is -2.26. The zero-order valence-electron chi connectivity index (χ0n) is 13.2. The minimum atomic E-state index is -0.0740. The first kappa shape index (κ1) is 16.4. The zero-order valence-corrected chi connectivity index (χ0v) is 14.8. The molecule has 2 aromatic rings. The third kappa shape index (κ3) is 3.91. The Labute approximate surface area is 144 Å². The molecule has 124 valence electrons. The van der Waals surface area contributed by atoms with Crippen LogP contribution < -0.4 is 5.32 Å². The molecule has 3 heterocycles. The molecule has 0 spiro atoms. The van der Waals surface area contributed by atoms with E-state index in [1.54, 1.807) is 0 Å². The van der Waals surface area contributed by atoms with Gasteiger partial charge in [-0.1, -0.05) is 0 Å². The lowest BCUT2D eigenvalue weighted by atomic mass is 10.3. The first-order chi connectivity index (χ1) is 11.1. The highest BCUT2D eigenvalue weighted by molar-refractivity contribution is 9.10. The summed E-state index contributed by atoms with van der Waals surface area (Å²) in [6, 6.07) is 3.82. The van der Waals surface area contributed by atoms with Crippen LogP contribution >= 0.6 is 15.9 Å². The largest absolute Gasteiger partial charge is 0.379 e. The van der Waals surface area contributed by atoms with Gasteiger partial charge in [-0.05, 0) is 48.0 Å². The minimum Gasteiger partial charge on any atom is -0.379 e. The first-order valence-corrected chi connectivity index (χ1v) is 8.67. The monoisotopic (exact) mass is 380 g/mol. The van der Waals surface area contributed by atoms with Gasteiger partial charge in [0.05, 0.1) is 18.9 Å². The van der Waals surface area contributed by atoms with Crippen LogP contribution in [-0.4, -0.2) is 59.6 Å². The summed E-state index contributed by atoms with van der Waals surface area (Å²) in [5.41, 5.74) is 2.13. The summed E-state index contributed by atoms with van der Waals surface area (Å²) in [6.07, 6.45) is 2.81. The fourth-order valence-corrected chi connectivity index (χ4v) is 3.16. The Bertz CT molecular complexity index is 695. The number of ether oxygens (including phenoxy) is 1. The minimum absolute atomic E-state index is 0.0740. The molecule has 7 heteroatoms. The van der Waals surface area contributed by atoms with E-state index in [0.717, 1.165) is 55.1 Å². The van der Waals surface area contributed by atoms with E-state index in [9.17, 15) is 4.79 Å². The number of halogens is 1. The van der Waals surface area contributed by atoms with Crippen molar-refractivity contribution in [3.8, 4) is 0 Å². The molecule has 0 aliphatic carbocycles. The molecular weight excluding hydrogens is 360 g/mol. The molecule has 0 aromatic carbocycles. The van der Waals surface area contributed by atoms with Crippen LogP contribution in [0.3, 0.4) is 0 Å². The second kappa shape index (κ2) is 7.42. The maximum Gasteiger partial charge on any atom is 0.270 e. The number of hydrogen-bond acceptors (Lipinski definition) is 4. The van der Waals surface area contributed by atoms with Crippen LogP contribution in [0, 0.1) is 6.92 Å². The molecule has 0 radical (unpaired) electrons. The number of aryl methyl sites for hydroxylation is 1. The number of pyridine rings is 1. The molecule has 1 fully saturated rings. The van der Waals surface area contributed by atoms with Crippen molar-refractivity contribution >= 4 is 27.5 Å². The number of imidazole rings is 1. The molecule has 1 aliphatic rings. The van der Waals surface area contributed by atoms with Crippen LogP contribution in [0.25, 0.3) is 5.65 Å². The molecule has 0 atom stereocenters. The van der Waals surface area contributed by atoms with Gasteiger partial charge in [0.25, 0.3) is 5.91 Å². The number of nitrogens with zero attached hydrogens (tertiary/aromatic N) is 3. The van der Waals surface area contributed by atoms with Gasteiger partial charge in [-0.3, -0.25) is 14.1 Å². The third-order valence-electron chi connectivity index (χ3n) is 4.01. The van der Waals surface area contributed by atoms with Crippen molar-refractivity contribution < 1.29 is 9.53 Å². The number of fused-ring (bicyclic) bond motifs is 1. The molecule has 0 unspecified atom stereocenters. The molecule has 6 nitrogen and oxygen atoms in total. The van der Waals surface area contributed by atoms with Gasteiger partial charge in [-0.25, -0.2) is 4.98 Å². The number of amides is 1. The number of morpholine rings is 1. The number of carbonyl (C=O) groups is 1. The van der Waals surface area contributed by atoms with E-state index < -0.39 is 0 Å². The highest BCUT2D eigenvalue weighted by atomic mass is 79.9. The average molecular weight is 381 g/mol. The van der Waals surface area contributed by atoms with Gasteiger partial charge in [0.1, 0.15) is 11.3 Å². The van der Waals surface area contributed by atoms with Crippen LogP contribution in [0.2, 0.25) is 0 Å². The van der Waals surface area contributed by atoms with E-state index in [4.69, 9.17) is 4.74 Å². The highest BCUT2D eigenvalue weighted by Crippen LogP contribution is 2.16. The summed E-state index contributed by atoms with van der Waals surface area (Å²) in [4.78, 5) is 19.3. The van der Waals surface area contributed by atoms with Gasteiger partial charge in [-0.15, -0.1) is 0 Å². The number of carbonyl (C=O) groups excluding carboxylic acids is 1. The van der Waals surface area contributed by atoms with Crippen molar-refractivity contribution in [3.05, 3.63) is 34.2 Å². The van der Waals surface area contributed by atoms with Crippen LogP contribution in [0.15, 0.2) is 22.8 Å². The van der Waals surface area contributed by atoms with Crippen LogP contribution in [-0.2, 0) is 4.74 Å². The maximum absolute atomic E-state index is 12.5. The zero-order chi connectivity index (χ0) is 16.2. The van der Waals surface area contributed by atoms with Crippen molar-refractivity contribution in [2.75, 3.05) is 39.4 Å². The van der Waals surface area contributed by atoms with Crippen molar-refractivity contribution in [3.63, 3.8) is 0 Å². The molecule has 1 N–H and O–H groups in total. The Kier molecular flexibility index (Phi) is 5.30. The Morgan fingerprint density at radius 1 is 1.39 bits per heavy atom. The van der Waals surface area contributed by atoms with Crippen molar-refractivity contribution in [2.45, 2.75) is 13.3 Å². The predicted octanol–water partition coefficient (Wildman–Crippen LogP) is 1.86. The van der Waals surface area contributed by atoms with Crippen LogP contribution in [0.4, 0.5) is 0 Å². The lowest BCUT2D eigenvalue weighted by Crippen LogP contribution is -2.38. The van der Waals surface area contributed by atoms with Crippen molar-refractivity contribution in [1.29, 1.82) is 0 Å². The molecule has 1 aliphatic heterocycles. The molecule has 1 amide bonds. The summed E-state index contributed by atoms with van der Waals surface area (Å²) in [5, 5.41) is 3.00. The molecular formula is C16H21BrN4O2. The number of aromatic nitrogens is 2. The van der Waals surface area contributed by atoms with E-state index in [0.29, 0.717) is 12.2 Å². The summed E-state index contributed by atoms with van der Waals surface area (Å²) >= 11 is 3.44. The number of hydrogen-bond donors (Lipinski definition) is 1. The van der Waals surface area contributed by atoms with Crippen molar-refractivity contribution in [2.24, 2.45) is 0 Å². The van der Waals surface area contributed by atoms with Gasteiger partial charge in [0, 0.05) is 30.3 Å². The van der Waals surface area contributed by atoms with Gasteiger partial charge >= 0.3 is 0 Å². The van der Waals surface area contributed by atoms with E-state index >= 15 is 0 Å². The lowest BCUT2D eigenvalue weighted by molar-refractivity contribution is 0.0374. The van der Waals surface area contributed by atoms with Gasteiger partial charge < -0.3 is 10.1 Å². The summed E-state index contributed by atoms with van der Waals surface area (Å²) in [7, 11) is 0. The second-order valence-electron chi connectivity index (χ2n) is 5.68. The molecule has 2 aromatic heterocycles. The van der Waals surface area contributed by atoms with Crippen molar-refractivity contribution in [1.82, 2.24) is 19.6 Å². The first-order valence-electron chi connectivity index (χ1n) is 7.87. The van der Waals surface area contributed by atoms with Gasteiger partial charge in [0.2, 0.25) is 0 Å². The van der Waals surface area contributed by atoms with E-state index in [1.165, 1.54) is 0 Å². The van der Waals surface area contributed by atoms with E-state index in [-0.39, 0.29) is 5.91 Å². The topological polar surface area (TPSA) is 58.9 Å². The van der Waals surface area contributed by atoms with E-state index in [2.05, 4.69) is 31.1 Å².